The van der Waals surface area contributed by atoms with Gasteiger partial charge in [0, 0.05) is 0 Å². The van der Waals surface area contributed by atoms with Crippen LogP contribution in [-0.2, 0) is 19.1 Å². The normalized spacial score (nSPS) is 13.9. The average molecular weight is 310 g/mol. The minimum Gasteiger partial charge on any atom is -0.464 e. The molecule has 2 N–H and O–H groups in total. The van der Waals surface area contributed by atoms with Gasteiger partial charge in [0.1, 0.15) is 23.6 Å². The molecule has 0 saturated carbocycles. The number of esters is 2. The number of aliphatic imine (C=N–C) groups is 1. The largest absolute Gasteiger partial charge is 0.464 e. The molecule has 0 aliphatic heterocycles. The second-order valence-corrected chi connectivity index (χ2v) is 4.88. The Bertz CT molecular complexity index is 462. The van der Waals surface area contributed by atoms with Crippen molar-refractivity contribution in [2.45, 2.75) is 32.5 Å². The van der Waals surface area contributed by atoms with Crippen LogP contribution in [0.15, 0.2) is 16.8 Å². The van der Waals surface area contributed by atoms with Crippen molar-refractivity contribution in [1.29, 1.82) is 0 Å². The molecule has 0 rings (SSSR count). The van der Waals surface area contributed by atoms with E-state index in [1.165, 1.54) is 0 Å². The van der Waals surface area contributed by atoms with Crippen LogP contribution in [-0.4, -0.2) is 43.1 Å². The number of halogens is 3. The first-order chi connectivity index (χ1) is 9.36. The number of nitrogens with zero attached hydrogens (tertiary/aromatic N) is 1. The van der Waals surface area contributed by atoms with Gasteiger partial charge in [-0.25, -0.2) is 4.79 Å². The van der Waals surface area contributed by atoms with Crippen LogP contribution in [0.5, 0.6) is 0 Å². The zero-order valence-corrected chi connectivity index (χ0v) is 12.1. The fourth-order valence-electron chi connectivity index (χ4n) is 1.03. The molecule has 21 heavy (non-hydrogen) atoms. The molecule has 0 fully saturated rings. The molecule has 0 aromatic heterocycles. The Balaban J connectivity index is 5.15. The van der Waals surface area contributed by atoms with Crippen molar-refractivity contribution >= 4 is 17.7 Å². The Hall–Kier alpha value is -2.06. The minimum atomic E-state index is -4.82. The van der Waals surface area contributed by atoms with Crippen LogP contribution in [0.4, 0.5) is 13.2 Å². The first kappa shape index (κ1) is 18.9. The van der Waals surface area contributed by atoms with Gasteiger partial charge in [0.2, 0.25) is 0 Å². The van der Waals surface area contributed by atoms with Crippen molar-refractivity contribution in [1.82, 2.24) is 0 Å². The predicted octanol–water partition coefficient (Wildman–Crippen LogP) is 1.35. The number of carbonyl (C=O) groups excluding carboxylic acids is 2. The topological polar surface area (TPSA) is 91.0 Å². The molecule has 9 heteroatoms. The molecule has 0 aromatic carbocycles. The van der Waals surface area contributed by atoms with E-state index in [0.717, 1.165) is 7.11 Å². The van der Waals surface area contributed by atoms with E-state index in [1.54, 1.807) is 20.8 Å². The Labute approximate surface area is 119 Å². The standard InChI is InChI=1S/C12H17F3N2O4/c1-11(2,3)21-9(18)6-17-7(10(19)20-4)5-8(16)12(13,14)15/h5H,6,16H2,1-4H3/b8-5-,17-7?. The summed E-state index contributed by atoms with van der Waals surface area (Å²) in [5, 5.41) is 0. The average Bonchev–Trinajstić information content (AvgIpc) is 2.29. The number of nitrogens with two attached hydrogens (primary N) is 1. The molecule has 0 spiro atoms. The molecule has 0 heterocycles. The summed E-state index contributed by atoms with van der Waals surface area (Å²) < 4.78 is 46.1. The van der Waals surface area contributed by atoms with Crippen LogP contribution in [0.25, 0.3) is 0 Å². The number of alkyl halides is 3. The van der Waals surface area contributed by atoms with Crippen molar-refractivity contribution < 1.29 is 32.2 Å². The lowest BCUT2D eigenvalue weighted by Crippen LogP contribution is -2.27. The molecule has 0 saturated heterocycles. The maximum Gasteiger partial charge on any atom is 0.430 e. The molecule has 0 aliphatic rings. The summed E-state index contributed by atoms with van der Waals surface area (Å²) in [6, 6.07) is 0. The summed E-state index contributed by atoms with van der Waals surface area (Å²) in [4.78, 5) is 26.1. The smallest absolute Gasteiger partial charge is 0.430 e. The van der Waals surface area contributed by atoms with Crippen LogP contribution < -0.4 is 5.73 Å². The van der Waals surface area contributed by atoms with E-state index < -0.39 is 41.7 Å². The molecule has 0 atom stereocenters. The van der Waals surface area contributed by atoms with Gasteiger partial charge in [0.25, 0.3) is 0 Å². The highest BCUT2D eigenvalue weighted by Crippen LogP contribution is 2.21. The predicted molar refractivity (Wildman–Crippen MR) is 68.5 cm³/mol. The summed E-state index contributed by atoms with van der Waals surface area (Å²) in [5.41, 5.74) is 1.75. The molecule has 120 valence electrons. The highest BCUT2D eigenvalue weighted by molar-refractivity contribution is 6.41. The van der Waals surface area contributed by atoms with Crippen LogP contribution in [0, 0.1) is 0 Å². The van der Waals surface area contributed by atoms with Crippen LogP contribution >= 0.6 is 0 Å². The van der Waals surface area contributed by atoms with Gasteiger partial charge < -0.3 is 15.2 Å². The SMILES string of the molecule is COC(=O)C(/C=C(\N)C(F)(F)F)=NCC(=O)OC(C)(C)C. The molecule has 0 aromatic rings. The third-order valence-corrected chi connectivity index (χ3v) is 1.81. The second-order valence-electron chi connectivity index (χ2n) is 4.88. The minimum absolute atomic E-state index is 0.302. The van der Waals surface area contributed by atoms with E-state index in [2.05, 4.69) is 9.73 Å². The summed E-state index contributed by atoms with van der Waals surface area (Å²) >= 11 is 0. The van der Waals surface area contributed by atoms with Crippen LogP contribution in [0.2, 0.25) is 0 Å². The molecule has 0 amide bonds. The molecule has 0 radical (unpaired) electrons. The molecule has 0 aliphatic carbocycles. The third-order valence-electron chi connectivity index (χ3n) is 1.81. The lowest BCUT2D eigenvalue weighted by Gasteiger charge is -2.18. The van der Waals surface area contributed by atoms with Crippen molar-refractivity contribution in [2.24, 2.45) is 10.7 Å². The van der Waals surface area contributed by atoms with E-state index in [1.807, 2.05) is 0 Å². The number of hydrogen-bond acceptors (Lipinski definition) is 6. The van der Waals surface area contributed by atoms with Gasteiger partial charge in [-0.2, -0.15) is 13.2 Å². The van der Waals surface area contributed by atoms with E-state index in [0.29, 0.717) is 6.08 Å². The van der Waals surface area contributed by atoms with Crippen molar-refractivity contribution in [3.05, 3.63) is 11.8 Å². The van der Waals surface area contributed by atoms with Crippen LogP contribution in [0.1, 0.15) is 20.8 Å². The summed E-state index contributed by atoms with van der Waals surface area (Å²) in [7, 11) is 0.961. The molecule has 0 unspecified atom stereocenters. The van der Waals surface area contributed by atoms with Gasteiger partial charge in [-0.3, -0.25) is 9.79 Å². The fraction of sp³-hybridized carbons (Fsp3) is 0.583. The number of methoxy groups -OCH3 is 1. The van der Waals surface area contributed by atoms with E-state index in [4.69, 9.17) is 10.5 Å². The molecule has 6 nitrogen and oxygen atoms in total. The maximum atomic E-state index is 12.3. The first-order valence-electron chi connectivity index (χ1n) is 5.76. The highest BCUT2D eigenvalue weighted by Gasteiger charge is 2.32. The Kier molecular flexibility index (Phi) is 6.40. The molecule has 0 bridgehead atoms. The molecular formula is C12H17F3N2O4. The van der Waals surface area contributed by atoms with Gasteiger partial charge in [0.05, 0.1) is 7.11 Å². The number of rotatable bonds is 4. The Morgan fingerprint density at radius 3 is 2.14 bits per heavy atom. The Morgan fingerprint density at radius 2 is 1.76 bits per heavy atom. The van der Waals surface area contributed by atoms with Gasteiger partial charge in [-0.15, -0.1) is 0 Å². The van der Waals surface area contributed by atoms with Gasteiger partial charge in [-0.1, -0.05) is 0 Å². The Morgan fingerprint density at radius 1 is 1.24 bits per heavy atom. The van der Waals surface area contributed by atoms with Crippen molar-refractivity contribution in [3.8, 4) is 0 Å². The highest BCUT2D eigenvalue weighted by atomic mass is 19.4. The summed E-state index contributed by atoms with van der Waals surface area (Å²) in [6.07, 6.45) is -4.52. The summed E-state index contributed by atoms with van der Waals surface area (Å²) in [6.45, 7) is 4.19. The third kappa shape index (κ3) is 7.95. The molecular weight excluding hydrogens is 293 g/mol. The monoisotopic (exact) mass is 310 g/mol. The number of allylic oxidation sites excluding steroid dienone is 1. The fourth-order valence-corrected chi connectivity index (χ4v) is 1.03. The maximum absolute atomic E-state index is 12.3. The van der Waals surface area contributed by atoms with E-state index in [-0.39, 0.29) is 0 Å². The van der Waals surface area contributed by atoms with Crippen LogP contribution in [0.3, 0.4) is 0 Å². The van der Waals surface area contributed by atoms with Gasteiger partial charge in [0.15, 0.2) is 0 Å². The summed E-state index contributed by atoms with van der Waals surface area (Å²) in [5.74, 6) is -1.95. The van der Waals surface area contributed by atoms with Gasteiger partial charge in [-0.05, 0) is 26.8 Å². The van der Waals surface area contributed by atoms with Gasteiger partial charge >= 0.3 is 18.1 Å². The number of hydrogen-bond donors (Lipinski definition) is 1. The second kappa shape index (κ2) is 7.09. The zero-order valence-electron chi connectivity index (χ0n) is 12.1. The first-order valence-corrected chi connectivity index (χ1v) is 5.76. The van der Waals surface area contributed by atoms with E-state index >= 15 is 0 Å². The van der Waals surface area contributed by atoms with Crippen molar-refractivity contribution in [2.75, 3.05) is 13.7 Å². The van der Waals surface area contributed by atoms with Crippen molar-refractivity contribution in [3.63, 3.8) is 0 Å². The quantitative estimate of drug-likeness (QED) is 0.625. The number of ether oxygens (including phenoxy) is 2. The number of carbonyl (C=O) groups is 2. The lowest BCUT2D eigenvalue weighted by atomic mass is 10.2. The van der Waals surface area contributed by atoms with E-state index in [9.17, 15) is 22.8 Å². The zero-order chi connectivity index (χ0) is 16.8. The lowest BCUT2D eigenvalue weighted by molar-refractivity contribution is -0.152.